The van der Waals surface area contributed by atoms with Crippen LogP contribution in [0.1, 0.15) is 15.2 Å². The minimum atomic E-state index is -0.396. The SMILES string of the molecule is COC(=O)c1cc(C)sc1NC(=S)Nc1ccccc1OC. The van der Waals surface area contributed by atoms with Gasteiger partial charge in [0.15, 0.2) is 5.11 Å². The third-order valence-corrected chi connectivity index (χ3v) is 4.01. The van der Waals surface area contributed by atoms with Gasteiger partial charge in [-0.1, -0.05) is 12.1 Å². The molecule has 1 heterocycles. The summed E-state index contributed by atoms with van der Waals surface area (Å²) in [4.78, 5) is 12.7. The number of carbonyl (C=O) groups is 1. The number of hydrogen-bond donors (Lipinski definition) is 2. The fourth-order valence-corrected chi connectivity index (χ4v) is 3.05. The number of thiocarbonyl (C=S) groups is 1. The second-order valence-corrected chi connectivity index (χ2v) is 6.04. The Morgan fingerprint density at radius 3 is 2.64 bits per heavy atom. The highest BCUT2D eigenvalue weighted by atomic mass is 32.1. The summed E-state index contributed by atoms with van der Waals surface area (Å²) in [5.41, 5.74) is 1.21. The quantitative estimate of drug-likeness (QED) is 0.656. The summed E-state index contributed by atoms with van der Waals surface area (Å²) in [6.45, 7) is 1.92. The van der Waals surface area contributed by atoms with Gasteiger partial charge in [0.05, 0.1) is 25.5 Å². The molecule has 0 saturated heterocycles. The topological polar surface area (TPSA) is 59.6 Å². The van der Waals surface area contributed by atoms with E-state index < -0.39 is 5.97 Å². The average Bonchev–Trinajstić information content (AvgIpc) is 2.87. The van der Waals surface area contributed by atoms with Crippen LogP contribution in [0, 0.1) is 6.92 Å². The Labute approximate surface area is 138 Å². The molecular formula is C15H16N2O3S2. The summed E-state index contributed by atoms with van der Waals surface area (Å²) in [5.74, 6) is 0.286. The van der Waals surface area contributed by atoms with E-state index in [0.717, 1.165) is 10.6 Å². The zero-order valence-electron chi connectivity index (χ0n) is 12.4. The number of methoxy groups -OCH3 is 2. The fourth-order valence-electron chi connectivity index (χ4n) is 1.87. The number of nitrogens with one attached hydrogen (secondary N) is 2. The maximum atomic E-state index is 11.7. The van der Waals surface area contributed by atoms with E-state index in [2.05, 4.69) is 10.6 Å². The van der Waals surface area contributed by atoms with Crippen LogP contribution in [0.5, 0.6) is 5.75 Å². The lowest BCUT2D eigenvalue weighted by Gasteiger charge is -2.13. The van der Waals surface area contributed by atoms with Crippen LogP contribution in [0.25, 0.3) is 0 Å². The molecule has 0 amide bonds. The number of para-hydroxylation sites is 2. The summed E-state index contributed by atoms with van der Waals surface area (Å²) in [5, 5.41) is 7.10. The summed E-state index contributed by atoms with van der Waals surface area (Å²) < 4.78 is 10.0. The zero-order chi connectivity index (χ0) is 16.1. The Morgan fingerprint density at radius 2 is 1.95 bits per heavy atom. The van der Waals surface area contributed by atoms with Crippen molar-refractivity contribution in [1.82, 2.24) is 0 Å². The standard InChI is InChI=1S/C15H16N2O3S2/c1-9-8-10(14(18)20-3)13(22-9)17-15(21)16-11-6-4-5-7-12(11)19-2/h4-8H,1-3H3,(H2,16,17,21). The highest BCUT2D eigenvalue weighted by molar-refractivity contribution is 7.80. The van der Waals surface area contributed by atoms with Crippen LogP contribution in [-0.2, 0) is 4.74 Å². The lowest BCUT2D eigenvalue weighted by atomic mass is 10.3. The second-order valence-electron chi connectivity index (χ2n) is 4.37. The van der Waals surface area contributed by atoms with Gasteiger partial charge in [-0.05, 0) is 37.3 Å². The van der Waals surface area contributed by atoms with Gasteiger partial charge in [0, 0.05) is 4.88 Å². The number of carbonyl (C=O) groups excluding carboxylic acids is 1. The third kappa shape index (κ3) is 3.75. The Bertz CT molecular complexity index is 698. The smallest absolute Gasteiger partial charge is 0.340 e. The molecule has 22 heavy (non-hydrogen) atoms. The highest BCUT2D eigenvalue weighted by Crippen LogP contribution is 2.29. The molecule has 2 aromatic rings. The maximum absolute atomic E-state index is 11.7. The molecule has 0 fully saturated rings. The molecule has 0 radical (unpaired) electrons. The van der Waals surface area contributed by atoms with E-state index in [0.29, 0.717) is 21.4 Å². The fraction of sp³-hybridized carbons (Fsp3) is 0.200. The first-order valence-corrected chi connectivity index (χ1v) is 7.67. The van der Waals surface area contributed by atoms with Crippen LogP contribution in [0.3, 0.4) is 0 Å². The molecular weight excluding hydrogens is 320 g/mol. The van der Waals surface area contributed by atoms with Crippen molar-refractivity contribution >= 4 is 45.3 Å². The molecule has 5 nitrogen and oxygen atoms in total. The Hall–Kier alpha value is -2.12. The number of rotatable bonds is 4. The minimum absolute atomic E-state index is 0.372. The number of aryl methyl sites for hydroxylation is 1. The van der Waals surface area contributed by atoms with Gasteiger partial charge < -0.3 is 20.1 Å². The van der Waals surface area contributed by atoms with Crippen molar-refractivity contribution in [3.05, 3.63) is 40.8 Å². The molecule has 0 bridgehead atoms. The van der Waals surface area contributed by atoms with Gasteiger partial charge in [-0.2, -0.15) is 0 Å². The van der Waals surface area contributed by atoms with Gasteiger partial charge in [-0.3, -0.25) is 0 Å². The van der Waals surface area contributed by atoms with E-state index in [1.54, 1.807) is 13.2 Å². The molecule has 0 aliphatic heterocycles. The van der Waals surface area contributed by atoms with Crippen molar-refractivity contribution in [2.75, 3.05) is 24.9 Å². The summed E-state index contributed by atoms with van der Waals surface area (Å²) in [7, 11) is 2.94. The number of esters is 1. The van der Waals surface area contributed by atoms with Gasteiger partial charge in [-0.25, -0.2) is 4.79 Å². The number of hydrogen-bond acceptors (Lipinski definition) is 5. The molecule has 0 saturated carbocycles. The second kappa shape index (κ2) is 7.24. The lowest BCUT2D eigenvalue weighted by Crippen LogP contribution is -2.20. The van der Waals surface area contributed by atoms with Crippen molar-refractivity contribution in [3.63, 3.8) is 0 Å². The van der Waals surface area contributed by atoms with Gasteiger partial charge >= 0.3 is 5.97 Å². The van der Waals surface area contributed by atoms with Crippen molar-refractivity contribution in [2.45, 2.75) is 6.92 Å². The summed E-state index contributed by atoms with van der Waals surface area (Å²) >= 11 is 6.73. The number of anilines is 2. The molecule has 2 rings (SSSR count). The predicted octanol–water partition coefficient (Wildman–Crippen LogP) is 3.66. The van der Waals surface area contributed by atoms with Crippen molar-refractivity contribution in [2.24, 2.45) is 0 Å². The Balaban J connectivity index is 2.14. The first kappa shape index (κ1) is 16.3. The van der Waals surface area contributed by atoms with Gasteiger partial charge in [-0.15, -0.1) is 11.3 Å². The lowest BCUT2D eigenvalue weighted by molar-refractivity contribution is 0.0602. The number of thiophene rings is 1. The first-order valence-electron chi connectivity index (χ1n) is 6.45. The largest absolute Gasteiger partial charge is 0.495 e. The molecule has 0 unspecified atom stereocenters. The van der Waals surface area contributed by atoms with E-state index in [9.17, 15) is 4.79 Å². The van der Waals surface area contributed by atoms with Gasteiger partial charge in [0.25, 0.3) is 0 Å². The molecule has 1 aromatic carbocycles. The van der Waals surface area contributed by atoms with Crippen LogP contribution in [-0.4, -0.2) is 25.3 Å². The Kier molecular flexibility index (Phi) is 5.35. The van der Waals surface area contributed by atoms with Crippen LogP contribution in [0.2, 0.25) is 0 Å². The van der Waals surface area contributed by atoms with E-state index in [-0.39, 0.29) is 0 Å². The van der Waals surface area contributed by atoms with Crippen molar-refractivity contribution in [1.29, 1.82) is 0 Å². The Morgan fingerprint density at radius 1 is 1.23 bits per heavy atom. The van der Waals surface area contributed by atoms with Crippen LogP contribution >= 0.6 is 23.6 Å². The van der Waals surface area contributed by atoms with E-state index >= 15 is 0 Å². The molecule has 0 aliphatic carbocycles. The highest BCUT2D eigenvalue weighted by Gasteiger charge is 2.16. The molecule has 0 spiro atoms. The van der Waals surface area contributed by atoms with Crippen molar-refractivity contribution < 1.29 is 14.3 Å². The molecule has 0 atom stereocenters. The molecule has 0 aliphatic rings. The predicted molar refractivity (Wildman–Crippen MR) is 93.2 cm³/mol. The minimum Gasteiger partial charge on any atom is -0.495 e. The monoisotopic (exact) mass is 336 g/mol. The van der Waals surface area contributed by atoms with Crippen LogP contribution in [0.15, 0.2) is 30.3 Å². The van der Waals surface area contributed by atoms with Crippen molar-refractivity contribution in [3.8, 4) is 5.75 Å². The van der Waals surface area contributed by atoms with Gasteiger partial charge in [0.2, 0.25) is 0 Å². The number of ether oxygens (including phenoxy) is 2. The normalized spacial score (nSPS) is 9.95. The molecule has 116 valence electrons. The molecule has 1 aromatic heterocycles. The molecule has 2 N–H and O–H groups in total. The van der Waals surface area contributed by atoms with E-state index in [4.69, 9.17) is 21.7 Å². The first-order chi connectivity index (χ1) is 10.5. The van der Waals surface area contributed by atoms with Crippen LogP contribution in [0.4, 0.5) is 10.7 Å². The van der Waals surface area contributed by atoms with E-state index in [1.807, 2.05) is 31.2 Å². The zero-order valence-corrected chi connectivity index (χ0v) is 14.1. The van der Waals surface area contributed by atoms with Gasteiger partial charge in [0.1, 0.15) is 10.8 Å². The number of benzene rings is 1. The average molecular weight is 336 g/mol. The summed E-state index contributed by atoms with van der Waals surface area (Å²) in [6, 6.07) is 9.21. The maximum Gasteiger partial charge on any atom is 0.340 e. The van der Waals surface area contributed by atoms with Crippen LogP contribution < -0.4 is 15.4 Å². The third-order valence-electron chi connectivity index (χ3n) is 2.84. The molecule has 7 heteroatoms. The summed E-state index contributed by atoms with van der Waals surface area (Å²) in [6.07, 6.45) is 0. The van der Waals surface area contributed by atoms with E-state index in [1.165, 1.54) is 18.4 Å².